The van der Waals surface area contributed by atoms with Gasteiger partial charge in [0.05, 0.1) is 34.7 Å². The maximum Gasteiger partial charge on any atom is 0.472 e. The molecule has 13 heteroatoms. The average Bonchev–Trinajstić information content (AvgIpc) is 2.67. The van der Waals surface area contributed by atoms with E-state index in [1.165, 1.54) is 0 Å². The van der Waals surface area contributed by atoms with Crippen molar-refractivity contribution in [1.29, 1.82) is 0 Å². The minimum atomic E-state index is -5.20. The minimum absolute atomic E-state index is 0.0303. The van der Waals surface area contributed by atoms with E-state index >= 15 is 0 Å². The molecule has 2 aliphatic rings. The van der Waals surface area contributed by atoms with Gasteiger partial charge in [-0.2, -0.15) is 13.2 Å². The maximum absolute atomic E-state index is 13.4. The summed E-state index contributed by atoms with van der Waals surface area (Å²) < 4.78 is 62.8. The van der Waals surface area contributed by atoms with Crippen molar-refractivity contribution < 1.29 is 31.6 Å². The first kappa shape index (κ1) is 23.0. The quantitative estimate of drug-likeness (QED) is 0.528. The summed E-state index contributed by atoms with van der Waals surface area (Å²) in [6.45, 7) is 3.60. The molecule has 1 unspecified atom stereocenters. The standard InChI is InChI=1S/C17H22ClF3N4O4S/c1-11-10-29-8-5-25(11)13-9-12(22-15(18)23-13)16(3-6-28-7-4-16)30(2,27)24-14(26)17(19,20)21/h9,11H,2-8,10H2,1H3,(H,24,26,27)/t11-,30?/m1/s1. The Bertz CT molecular complexity index is 907. The summed E-state index contributed by atoms with van der Waals surface area (Å²) in [6.07, 6.45) is -5.12. The van der Waals surface area contributed by atoms with Gasteiger partial charge in [-0.15, -0.1) is 0 Å². The number of nitrogens with zero attached hydrogens (tertiary/aromatic N) is 3. The highest BCUT2D eigenvalue weighted by Crippen LogP contribution is 2.40. The van der Waals surface area contributed by atoms with Crippen molar-refractivity contribution in [2.45, 2.75) is 36.7 Å². The highest BCUT2D eigenvalue weighted by Gasteiger charge is 2.48. The largest absolute Gasteiger partial charge is 0.472 e. The van der Waals surface area contributed by atoms with Crippen molar-refractivity contribution in [2.24, 2.45) is 0 Å². The minimum Gasteiger partial charge on any atom is -0.381 e. The molecule has 1 aromatic heterocycles. The Morgan fingerprint density at radius 2 is 2.00 bits per heavy atom. The zero-order valence-electron chi connectivity index (χ0n) is 16.2. The molecule has 168 valence electrons. The highest BCUT2D eigenvalue weighted by molar-refractivity contribution is 7.99. The number of hydrogen-bond acceptors (Lipinski definition) is 7. The molecule has 0 aromatic carbocycles. The van der Waals surface area contributed by atoms with Crippen LogP contribution in [0.3, 0.4) is 0 Å². The van der Waals surface area contributed by atoms with Gasteiger partial charge in [0.1, 0.15) is 10.6 Å². The third-order valence-corrected chi connectivity index (χ3v) is 7.82. The number of alkyl halides is 3. The predicted octanol–water partition coefficient (Wildman–Crippen LogP) is 1.67. The summed E-state index contributed by atoms with van der Waals surface area (Å²) in [5, 5.41) is -0.149. The van der Waals surface area contributed by atoms with E-state index in [0.29, 0.717) is 25.6 Å². The van der Waals surface area contributed by atoms with Gasteiger partial charge >= 0.3 is 12.1 Å². The molecule has 0 radical (unpaired) electrons. The Labute approximate surface area is 177 Å². The summed E-state index contributed by atoms with van der Waals surface area (Å²) in [7, 11) is -3.85. The van der Waals surface area contributed by atoms with E-state index in [4.69, 9.17) is 21.1 Å². The lowest BCUT2D eigenvalue weighted by Gasteiger charge is -2.40. The van der Waals surface area contributed by atoms with Crippen LogP contribution in [0.1, 0.15) is 25.5 Å². The smallest absolute Gasteiger partial charge is 0.381 e. The van der Waals surface area contributed by atoms with Gasteiger partial charge in [-0.05, 0) is 37.2 Å². The second-order valence-corrected chi connectivity index (χ2v) is 9.88. The molecule has 2 aliphatic heterocycles. The van der Waals surface area contributed by atoms with E-state index in [1.54, 1.807) is 10.8 Å². The van der Waals surface area contributed by atoms with Gasteiger partial charge in [0.25, 0.3) is 0 Å². The van der Waals surface area contributed by atoms with Crippen LogP contribution in [0, 0.1) is 0 Å². The van der Waals surface area contributed by atoms with E-state index in [2.05, 4.69) is 15.8 Å². The van der Waals surface area contributed by atoms with E-state index in [0.717, 1.165) is 0 Å². The maximum atomic E-state index is 13.4. The number of carbonyl (C=O) groups excluding carboxylic acids is 1. The number of hydrogen-bond donors (Lipinski definition) is 1. The number of halogens is 4. The fraction of sp³-hybridized carbons (Fsp3) is 0.647. The summed E-state index contributed by atoms with van der Waals surface area (Å²) in [5.41, 5.74) is 0.155. The van der Waals surface area contributed by atoms with Gasteiger partial charge < -0.3 is 14.4 Å². The summed E-state index contributed by atoms with van der Waals surface area (Å²) in [4.78, 5) is 21.9. The summed E-state index contributed by atoms with van der Waals surface area (Å²) in [5.74, 6) is 1.60. The fourth-order valence-electron chi connectivity index (χ4n) is 3.61. The van der Waals surface area contributed by atoms with Crippen LogP contribution < -0.4 is 9.62 Å². The molecule has 0 bridgehead atoms. The van der Waals surface area contributed by atoms with E-state index < -0.39 is 26.5 Å². The topological polar surface area (TPSA) is 93.7 Å². The molecule has 2 atom stereocenters. The number of ether oxygens (including phenoxy) is 2. The molecule has 0 aliphatic carbocycles. The number of rotatable bonds is 4. The monoisotopic (exact) mass is 470 g/mol. The number of morpholine rings is 1. The number of nitrogens with one attached hydrogen (secondary N) is 1. The lowest BCUT2D eigenvalue weighted by atomic mass is 9.94. The second kappa shape index (κ2) is 8.48. The van der Waals surface area contributed by atoms with Crippen LogP contribution in [-0.4, -0.2) is 71.1 Å². The first-order chi connectivity index (χ1) is 14.0. The molecule has 0 saturated carbocycles. The second-order valence-electron chi connectivity index (χ2n) is 7.21. The van der Waals surface area contributed by atoms with Crippen LogP contribution in [0.2, 0.25) is 5.28 Å². The normalized spacial score (nSPS) is 24.2. The van der Waals surface area contributed by atoms with Gasteiger partial charge in [0.15, 0.2) is 0 Å². The lowest BCUT2D eigenvalue weighted by Crippen LogP contribution is -2.52. The van der Waals surface area contributed by atoms with E-state index in [9.17, 15) is 22.2 Å². The van der Waals surface area contributed by atoms with Crippen LogP contribution in [0.5, 0.6) is 0 Å². The third-order valence-electron chi connectivity index (χ3n) is 5.26. The Morgan fingerprint density at radius 3 is 2.60 bits per heavy atom. The van der Waals surface area contributed by atoms with Crippen LogP contribution in [0.25, 0.3) is 0 Å². The van der Waals surface area contributed by atoms with Crippen molar-refractivity contribution in [3.8, 4) is 0 Å². The van der Waals surface area contributed by atoms with Gasteiger partial charge in [0.2, 0.25) is 5.28 Å². The Balaban J connectivity index is 2.06. The molecule has 3 rings (SSSR count). The number of aromatic nitrogens is 2. The molecular weight excluding hydrogens is 449 g/mol. The molecule has 0 spiro atoms. The van der Waals surface area contributed by atoms with E-state index in [1.807, 2.05) is 11.8 Å². The molecule has 2 fully saturated rings. The fourth-order valence-corrected chi connectivity index (χ4v) is 5.67. The van der Waals surface area contributed by atoms with E-state index in [-0.39, 0.29) is 43.1 Å². The zero-order valence-corrected chi connectivity index (χ0v) is 17.8. The summed E-state index contributed by atoms with van der Waals surface area (Å²) >= 11 is 6.13. The number of amides is 1. The van der Waals surface area contributed by atoms with Crippen molar-refractivity contribution in [1.82, 2.24) is 14.7 Å². The number of carbonyl (C=O) groups is 1. The number of anilines is 1. The third kappa shape index (κ3) is 4.51. The lowest BCUT2D eigenvalue weighted by molar-refractivity contribution is -0.171. The molecule has 1 aromatic rings. The molecule has 3 heterocycles. The first-order valence-electron chi connectivity index (χ1n) is 9.19. The van der Waals surface area contributed by atoms with Crippen LogP contribution in [0.15, 0.2) is 6.07 Å². The molecule has 30 heavy (non-hydrogen) atoms. The molecular formula is C17H22ClF3N4O4S. The molecule has 8 nitrogen and oxygen atoms in total. The van der Waals surface area contributed by atoms with Crippen LogP contribution in [-0.2, 0) is 28.7 Å². The predicted molar refractivity (Wildman–Crippen MR) is 106 cm³/mol. The SMILES string of the molecule is C=S(=O)(NC(=O)C(F)(F)F)C1(c2cc(N3CCOC[C@H]3C)nc(Cl)n2)CCOCC1. The van der Waals surface area contributed by atoms with Crippen molar-refractivity contribution in [3.63, 3.8) is 0 Å². The van der Waals surface area contributed by atoms with Gasteiger partial charge in [-0.3, -0.25) is 9.52 Å². The van der Waals surface area contributed by atoms with Crippen LogP contribution >= 0.6 is 11.6 Å². The molecule has 1 amide bonds. The average molecular weight is 471 g/mol. The van der Waals surface area contributed by atoms with Crippen molar-refractivity contribution in [3.05, 3.63) is 17.0 Å². The first-order valence-corrected chi connectivity index (χ1v) is 11.3. The van der Waals surface area contributed by atoms with Gasteiger partial charge in [-0.25, -0.2) is 14.2 Å². The Hall–Kier alpha value is -1.63. The molecule has 1 N–H and O–H groups in total. The zero-order chi connectivity index (χ0) is 22.2. The summed E-state index contributed by atoms with van der Waals surface area (Å²) in [6, 6.07) is 1.51. The Morgan fingerprint density at radius 1 is 1.33 bits per heavy atom. The van der Waals surface area contributed by atoms with Crippen LogP contribution in [0.4, 0.5) is 19.0 Å². The van der Waals surface area contributed by atoms with Gasteiger partial charge in [-0.1, -0.05) is 0 Å². The Kier molecular flexibility index (Phi) is 6.51. The van der Waals surface area contributed by atoms with Crippen molar-refractivity contribution >= 4 is 38.9 Å². The molecule has 2 saturated heterocycles. The van der Waals surface area contributed by atoms with Crippen molar-refractivity contribution in [2.75, 3.05) is 37.9 Å². The van der Waals surface area contributed by atoms with Gasteiger partial charge in [0, 0.05) is 25.8 Å². The highest BCUT2D eigenvalue weighted by atomic mass is 35.5.